The summed E-state index contributed by atoms with van der Waals surface area (Å²) in [6.07, 6.45) is 8.86. The maximum absolute atomic E-state index is 10.6. The smallest absolute Gasteiger partial charge is 0.303 e. The number of aliphatic carboxylic acids is 1. The van der Waals surface area contributed by atoms with Crippen LogP contribution in [0.3, 0.4) is 0 Å². The second-order valence-corrected chi connectivity index (χ2v) is 10.7. The van der Waals surface area contributed by atoms with E-state index in [2.05, 4.69) is 26.8 Å². The Hall–Kier alpha value is -1.36. The van der Waals surface area contributed by atoms with Crippen molar-refractivity contribution >= 4 is 17.6 Å². The highest BCUT2D eigenvalue weighted by Crippen LogP contribution is 2.45. The topological polar surface area (TPSA) is 77.8 Å². The first-order chi connectivity index (χ1) is 14.6. The second kappa shape index (κ2) is 12.0. The molecule has 1 aromatic carbocycles. The van der Waals surface area contributed by atoms with E-state index in [0.717, 1.165) is 43.2 Å². The first-order valence-corrected chi connectivity index (χ1v) is 12.0. The monoisotopic (exact) mass is 450 g/mol. The van der Waals surface area contributed by atoms with Crippen molar-refractivity contribution in [1.29, 1.82) is 0 Å². The highest BCUT2D eigenvalue weighted by Gasteiger charge is 2.41. The van der Waals surface area contributed by atoms with Gasteiger partial charge in [0, 0.05) is 17.7 Å². The minimum Gasteiger partial charge on any atom is -0.481 e. The Balaban J connectivity index is 1.95. The summed E-state index contributed by atoms with van der Waals surface area (Å²) in [6.45, 7) is 6.65. The first kappa shape index (κ1) is 25.9. The summed E-state index contributed by atoms with van der Waals surface area (Å²) in [5, 5.41) is 29.8. The van der Waals surface area contributed by atoms with Crippen LogP contribution in [0.2, 0.25) is 0 Å². The van der Waals surface area contributed by atoms with E-state index < -0.39 is 18.2 Å². The minimum atomic E-state index is -0.768. The van der Waals surface area contributed by atoms with Crippen molar-refractivity contribution in [2.24, 2.45) is 11.3 Å². The fourth-order valence-electron chi connectivity index (χ4n) is 4.50. The third-order valence-corrected chi connectivity index (χ3v) is 6.76. The first-order valence-electron chi connectivity index (χ1n) is 11.6. The van der Waals surface area contributed by atoms with Gasteiger partial charge in [0.25, 0.3) is 0 Å². The van der Waals surface area contributed by atoms with Crippen molar-refractivity contribution in [2.45, 2.75) is 95.6 Å². The lowest BCUT2D eigenvalue weighted by atomic mass is 9.84. The summed E-state index contributed by atoms with van der Waals surface area (Å²) >= 11 is 6.56. The van der Waals surface area contributed by atoms with Crippen molar-refractivity contribution in [3.05, 3.63) is 47.5 Å². The number of allylic oxidation sites excluding steroid dienone is 2. The zero-order valence-corrected chi connectivity index (χ0v) is 19.9. The molecule has 1 aliphatic rings. The van der Waals surface area contributed by atoms with Gasteiger partial charge in [0.1, 0.15) is 0 Å². The van der Waals surface area contributed by atoms with Gasteiger partial charge in [-0.05, 0) is 61.0 Å². The largest absolute Gasteiger partial charge is 0.481 e. The van der Waals surface area contributed by atoms with Gasteiger partial charge >= 0.3 is 5.97 Å². The van der Waals surface area contributed by atoms with E-state index in [1.165, 1.54) is 0 Å². The molecule has 0 aromatic heterocycles. The average Bonchev–Trinajstić information content (AvgIpc) is 2.96. The number of halogens is 1. The molecule has 5 atom stereocenters. The number of benzene rings is 1. The normalized spacial score (nSPS) is 25.2. The van der Waals surface area contributed by atoms with Gasteiger partial charge < -0.3 is 15.3 Å². The number of carboxylic acids is 1. The van der Waals surface area contributed by atoms with E-state index in [1.54, 1.807) is 0 Å². The molecule has 0 spiro atoms. The number of hydrogen-bond donors (Lipinski definition) is 3. The van der Waals surface area contributed by atoms with Crippen LogP contribution in [-0.2, 0) is 4.79 Å². The van der Waals surface area contributed by atoms with Crippen LogP contribution in [0.4, 0.5) is 0 Å². The van der Waals surface area contributed by atoms with Crippen LogP contribution in [0.1, 0.15) is 95.3 Å². The van der Waals surface area contributed by atoms with Gasteiger partial charge in [-0.25, -0.2) is 0 Å². The summed E-state index contributed by atoms with van der Waals surface area (Å²) in [5.74, 6) is -0.663. The molecule has 0 amide bonds. The summed E-state index contributed by atoms with van der Waals surface area (Å²) in [4.78, 5) is 10.6. The molecule has 0 aliphatic heterocycles. The maximum Gasteiger partial charge on any atom is 0.303 e. The van der Waals surface area contributed by atoms with Gasteiger partial charge in [0.2, 0.25) is 0 Å². The molecule has 1 saturated carbocycles. The molecule has 1 fully saturated rings. The number of aliphatic hydroxyl groups excluding tert-OH is 2. The fourth-order valence-corrected chi connectivity index (χ4v) is 4.94. The van der Waals surface area contributed by atoms with E-state index in [1.807, 2.05) is 30.3 Å². The molecule has 1 aliphatic carbocycles. The maximum atomic E-state index is 10.6. The Bertz CT molecular complexity index is 707. The number of rotatable bonds is 11. The Morgan fingerprint density at radius 2 is 1.87 bits per heavy atom. The van der Waals surface area contributed by atoms with Crippen LogP contribution in [-0.4, -0.2) is 32.8 Å². The SMILES string of the molecule is CC(C)(C)CCCC(O)c1ccc([C@@H]2[C@@H](C/C=C\CCCC(=O)O)[C@H](Cl)C[C@H]2O)cc1. The Kier molecular flexibility index (Phi) is 10.1. The van der Waals surface area contributed by atoms with Crippen molar-refractivity contribution in [1.82, 2.24) is 0 Å². The summed E-state index contributed by atoms with van der Waals surface area (Å²) in [6, 6.07) is 8.00. The lowest BCUT2D eigenvalue weighted by Gasteiger charge is -2.24. The lowest BCUT2D eigenvalue weighted by molar-refractivity contribution is -0.137. The molecule has 5 heteroatoms. The number of carbonyl (C=O) groups is 1. The van der Waals surface area contributed by atoms with E-state index in [4.69, 9.17) is 16.7 Å². The number of carboxylic acid groups (broad SMARTS) is 1. The van der Waals surface area contributed by atoms with Gasteiger partial charge in [-0.3, -0.25) is 4.79 Å². The number of aliphatic hydroxyl groups is 2. The molecular weight excluding hydrogens is 412 g/mol. The van der Waals surface area contributed by atoms with Crippen LogP contribution in [0.15, 0.2) is 36.4 Å². The lowest BCUT2D eigenvalue weighted by Crippen LogP contribution is -2.18. The number of unbranched alkanes of at least 4 members (excludes halogenated alkanes) is 1. The molecule has 0 bridgehead atoms. The highest BCUT2D eigenvalue weighted by molar-refractivity contribution is 6.21. The van der Waals surface area contributed by atoms with Gasteiger partial charge in [-0.1, -0.05) is 63.6 Å². The third-order valence-electron chi connectivity index (χ3n) is 6.25. The van der Waals surface area contributed by atoms with E-state index >= 15 is 0 Å². The van der Waals surface area contributed by atoms with E-state index in [0.29, 0.717) is 12.8 Å². The standard InChI is InChI=1S/C26H39ClO4/c1-26(2,3)16-8-10-22(28)18-12-14-19(15-13-18)25-20(21(27)17-23(25)29)9-6-4-5-7-11-24(30)31/h4,6,12-15,20-23,25,28-29H,5,7-11,16-17H2,1-3H3,(H,30,31)/b6-4-/t20-,21+,22?,23+,25+/m0/s1. The molecular formula is C26H39ClO4. The summed E-state index contributed by atoms with van der Waals surface area (Å²) in [5.41, 5.74) is 2.26. The van der Waals surface area contributed by atoms with Gasteiger partial charge in [-0.15, -0.1) is 11.6 Å². The number of alkyl halides is 1. The third kappa shape index (κ3) is 8.59. The fraction of sp³-hybridized carbons (Fsp3) is 0.654. The molecule has 0 heterocycles. The Labute approximate surface area is 192 Å². The summed E-state index contributed by atoms with van der Waals surface area (Å²) < 4.78 is 0. The highest BCUT2D eigenvalue weighted by atomic mass is 35.5. The summed E-state index contributed by atoms with van der Waals surface area (Å²) in [7, 11) is 0. The van der Waals surface area contributed by atoms with Crippen molar-refractivity contribution in [3.8, 4) is 0 Å². The molecule has 1 aromatic rings. The Morgan fingerprint density at radius 3 is 2.48 bits per heavy atom. The van der Waals surface area contributed by atoms with Gasteiger partial charge in [0.05, 0.1) is 12.2 Å². The van der Waals surface area contributed by atoms with Crippen LogP contribution in [0, 0.1) is 11.3 Å². The van der Waals surface area contributed by atoms with E-state index in [-0.39, 0.29) is 29.0 Å². The number of hydrogen-bond acceptors (Lipinski definition) is 3. The Morgan fingerprint density at radius 1 is 1.19 bits per heavy atom. The zero-order chi connectivity index (χ0) is 23.0. The van der Waals surface area contributed by atoms with Crippen molar-refractivity contribution in [3.63, 3.8) is 0 Å². The molecule has 2 rings (SSSR count). The van der Waals surface area contributed by atoms with Crippen LogP contribution < -0.4 is 0 Å². The van der Waals surface area contributed by atoms with Crippen LogP contribution >= 0.6 is 11.6 Å². The molecule has 174 valence electrons. The molecule has 0 radical (unpaired) electrons. The molecule has 0 saturated heterocycles. The molecule has 3 N–H and O–H groups in total. The van der Waals surface area contributed by atoms with Gasteiger partial charge in [0.15, 0.2) is 0 Å². The molecule has 31 heavy (non-hydrogen) atoms. The quantitative estimate of drug-likeness (QED) is 0.213. The van der Waals surface area contributed by atoms with Crippen molar-refractivity contribution < 1.29 is 20.1 Å². The van der Waals surface area contributed by atoms with Crippen molar-refractivity contribution in [2.75, 3.05) is 0 Å². The van der Waals surface area contributed by atoms with E-state index in [9.17, 15) is 15.0 Å². The zero-order valence-electron chi connectivity index (χ0n) is 19.1. The van der Waals surface area contributed by atoms with Crippen LogP contribution in [0.25, 0.3) is 0 Å². The predicted molar refractivity (Wildman–Crippen MR) is 126 cm³/mol. The minimum absolute atomic E-state index is 0.0294. The average molecular weight is 451 g/mol. The van der Waals surface area contributed by atoms with Crippen LogP contribution in [0.5, 0.6) is 0 Å². The van der Waals surface area contributed by atoms with Gasteiger partial charge in [-0.2, -0.15) is 0 Å². The predicted octanol–water partition coefficient (Wildman–Crippen LogP) is 6.21. The molecule has 4 nitrogen and oxygen atoms in total. The molecule has 1 unspecified atom stereocenters. The second-order valence-electron chi connectivity index (χ2n) is 10.1.